The predicted molar refractivity (Wildman–Crippen MR) is 62.6 cm³/mol. The van der Waals surface area contributed by atoms with Crippen LogP contribution in [-0.2, 0) is 0 Å². The fraction of sp³-hybridized carbons (Fsp3) is 0.417. The average molecular weight is 238 g/mol. The minimum absolute atomic E-state index is 0.201. The first-order valence-electron chi connectivity index (χ1n) is 5.61. The molecule has 1 aromatic carbocycles. The van der Waals surface area contributed by atoms with E-state index in [0.717, 1.165) is 19.3 Å². The molecule has 0 heterocycles. The van der Waals surface area contributed by atoms with Gasteiger partial charge in [0.25, 0.3) is 0 Å². The molecule has 2 atom stereocenters. The molecule has 1 fully saturated rings. The molecule has 2 unspecified atom stereocenters. The molecule has 0 amide bonds. The Bertz CT molecular complexity index is 437. The van der Waals surface area contributed by atoms with Crippen molar-refractivity contribution >= 4 is 11.7 Å². The molecule has 4 nitrogen and oxygen atoms in total. The molecule has 0 saturated heterocycles. The number of carboxylic acids is 1. The van der Waals surface area contributed by atoms with Crippen molar-refractivity contribution in [2.24, 2.45) is 5.73 Å². The topological polar surface area (TPSA) is 75.3 Å². The molecular formula is C12H15FN2O2. The first kappa shape index (κ1) is 11.9. The van der Waals surface area contributed by atoms with E-state index in [1.54, 1.807) is 6.07 Å². The fourth-order valence-corrected chi connectivity index (χ4v) is 2.16. The number of benzene rings is 1. The summed E-state index contributed by atoms with van der Waals surface area (Å²) in [6.07, 6.45) is 2.78. The molecule has 1 aliphatic carbocycles. The summed E-state index contributed by atoms with van der Waals surface area (Å²) in [6, 6.07) is 4.48. The van der Waals surface area contributed by atoms with Crippen LogP contribution < -0.4 is 11.1 Å². The standard InChI is InChI=1S/C12H15FN2O2/c13-11-4-3-9(6-10(11)12(16)17)15-8-2-1-7(14)5-8/h3-4,6-8,15H,1-2,5,14H2,(H,16,17). The summed E-state index contributed by atoms with van der Waals surface area (Å²) in [6.45, 7) is 0. The van der Waals surface area contributed by atoms with Crippen molar-refractivity contribution in [1.82, 2.24) is 0 Å². The van der Waals surface area contributed by atoms with Gasteiger partial charge in [0.05, 0.1) is 5.56 Å². The van der Waals surface area contributed by atoms with E-state index < -0.39 is 11.8 Å². The lowest BCUT2D eigenvalue weighted by Crippen LogP contribution is -2.20. The van der Waals surface area contributed by atoms with Gasteiger partial charge in [-0.2, -0.15) is 0 Å². The largest absolute Gasteiger partial charge is 0.478 e. The SMILES string of the molecule is NC1CCC(Nc2ccc(F)c(C(=O)O)c2)C1. The number of rotatable bonds is 3. The second-order valence-electron chi connectivity index (χ2n) is 4.41. The zero-order valence-electron chi connectivity index (χ0n) is 9.32. The number of hydrogen-bond donors (Lipinski definition) is 3. The number of nitrogens with two attached hydrogens (primary N) is 1. The Morgan fingerprint density at radius 3 is 2.82 bits per heavy atom. The quantitative estimate of drug-likeness (QED) is 0.750. The van der Waals surface area contributed by atoms with Gasteiger partial charge in [0.15, 0.2) is 0 Å². The van der Waals surface area contributed by atoms with Crippen molar-refractivity contribution in [2.45, 2.75) is 31.3 Å². The molecule has 0 aromatic heterocycles. The van der Waals surface area contributed by atoms with Crippen LogP contribution in [0.15, 0.2) is 18.2 Å². The minimum atomic E-state index is -1.26. The molecule has 1 aliphatic rings. The Hall–Kier alpha value is -1.62. The zero-order chi connectivity index (χ0) is 12.4. The van der Waals surface area contributed by atoms with Crippen LogP contribution in [0.1, 0.15) is 29.6 Å². The van der Waals surface area contributed by atoms with Crippen LogP contribution in [0.3, 0.4) is 0 Å². The molecule has 0 bridgehead atoms. The van der Waals surface area contributed by atoms with Gasteiger partial charge in [0.2, 0.25) is 0 Å². The second kappa shape index (κ2) is 4.71. The Morgan fingerprint density at radius 1 is 1.47 bits per heavy atom. The molecule has 1 saturated carbocycles. The number of aromatic carboxylic acids is 1. The van der Waals surface area contributed by atoms with Gasteiger partial charge in [-0.1, -0.05) is 0 Å². The molecule has 0 aliphatic heterocycles. The van der Waals surface area contributed by atoms with Crippen molar-refractivity contribution < 1.29 is 14.3 Å². The molecule has 2 rings (SSSR count). The van der Waals surface area contributed by atoms with Gasteiger partial charge >= 0.3 is 5.97 Å². The van der Waals surface area contributed by atoms with Crippen LogP contribution in [0.25, 0.3) is 0 Å². The molecule has 17 heavy (non-hydrogen) atoms. The summed E-state index contributed by atoms with van der Waals surface area (Å²) in [4.78, 5) is 10.8. The zero-order valence-corrected chi connectivity index (χ0v) is 9.32. The van der Waals surface area contributed by atoms with E-state index in [-0.39, 0.29) is 17.6 Å². The van der Waals surface area contributed by atoms with Gasteiger partial charge in [-0.15, -0.1) is 0 Å². The number of halogens is 1. The summed E-state index contributed by atoms with van der Waals surface area (Å²) in [5, 5.41) is 12.0. The first-order valence-corrected chi connectivity index (χ1v) is 5.61. The minimum Gasteiger partial charge on any atom is -0.478 e. The Balaban J connectivity index is 2.11. The van der Waals surface area contributed by atoms with Gasteiger partial charge in [-0.05, 0) is 37.5 Å². The van der Waals surface area contributed by atoms with Crippen LogP contribution in [0.5, 0.6) is 0 Å². The molecule has 1 aromatic rings. The molecule has 92 valence electrons. The number of carbonyl (C=O) groups is 1. The number of anilines is 1. The third-order valence-electron chi connectivity index (χ3n) is 3.04. The molecule has 4 N–H and O–H groups in total. The number of hydrogen-bond acceptors (Lipinski definition) is 3. The highest BCUT2D eigenvalue weighted by Gasteiger charge is 2.21. The summed E-state index contributed by atoms with van der Waals surface area (Å²) in [5.41, 5.74) is 6.11. The Kier molecular flexibility index (Phi) is 3.28. The van der Waals surface area contributed by atoms with Crippen molar-refractivity contribution in [3.05, 3.63) is 29.6 Å². The van der Waals surface area contributed by atoms with Crippen LogP contribution in [0.4, 0.5) is 10.1 Å². The van der Waals surface area contributed by atoms with Gasteiger partial charge in [-0.3, -0.25) is 0 Å². The highest BCUT2D eigenvalue weighted by Crippen LogP contribution is 2.23. The van der Waals surface area contributed by atoms with Crippen LogP contribution >= 0.6 is 0 Å². The molecular weight excluding hydrogens is 223 g/mol. The normalized spacial score (nSPS) is 23.6. The van der Waals surface area contributed by atoms with E-state index in [1.165, 1.54) is 12.1 Å². The van der Waals surface area contributed by atoms with Crippen molar-refractivity contribution in [3.63, 3.8) is 0 Å². The Morgan fingerprint density at radius 2 is 2.24 bits per heavy atom. The highest BCUT2D eigenvalue weighted by atomic mass is 19.1. The summed E-state index contributed by atoms with van der Waals surface area (Å²) in [5.74, 6) is -1.97. The van der Waals surface area contributed by atoms with Gasteiger partial charge in [0, 0.05) is 17.8 Å². The van der Waals surface area contributed by atoms with Crippen LogP contribution in [0, 0.1) is 5.82 Å². The summed E-state index contributed by atoms with van der Waals surface area (Å²) < 4.78 is 13.2. The maximum Gasteiger partial charge on any atom is 0.338 e. The van der Waals surface area contributed by atoms with E-state index in [4.69, 9.17) is 10.8 Å². The van der Waals surface area contributed by atoms with E-state index in [1.807, 2.05) is 0 Å². The smallest absolute Gasteiger partial charge is 0.338 e. The van der Waals surface area contributed by atoms with E-state index >= 15 is 0 Å². The lowest BCUT2D eigenvalue weighted by molar-refractivity contribution is 0.0692. The van der Waals surface area contributed by atoms with Gasteiger partial charge in [-0.25, -0.2) is 9.18 Å². The van der Waals surface area contributed by atoms with Gasteiger partial charge in [0.1, 0.15) is 5.82 Å². The monoisotopic (exact) mass is 238 g/mol. The van der Waals surface area contributed by atoms with E-state index in [2.05, 4.69) is 5.32 Å². The predicted octanol–water partition coefficient (Wildman–Crippen LogP) is 1.82. The molecule has 0 radical (unpaired) electrons. The first-order chi connectivity index (χ1) is 8.06. The van der Waals surface area contributed by atoms with Crippen molar-refractivity contribution in [3.8, 4) is 0 Å². The maximum absolute atomic E-state index is 13.2. The lowest BCUT2D eigenvalue weighted by atomic mass is 10.1. The fourth-order valence-electron chi connectivity index (χ4n) is 2.16. The lowest BCUT2D eigenvalue weighted by Gasteiger charge is -2.14. The molecule has 0 spiro atoms. The van der Waals surface area contributed by atoms with Crippen LogP contribution in [0.2, 0.25) is 0 Å². The summed E-state index contributed by atoms with van der Waals surface area (Å²) >= 11 is 0. The summed E-state index contributed by atoms with van der Waals surface area (Å²) in [7, 11) is 0. The van der Waals surface area contributed by atoms with E-state index in [9.17, 15) is 9.18 Å². The third kappa shape index (κ3) is 2.74. The van der Waals surface area contributed by atoms with Crippen molar-refractivity contribution in [1.29, 1.82) is 0 Å². The number of nitrogens with one attached hydrogen (secondary N) is 1. The Labute approximate surface area is 98.6 Å². The average Bonchev–Trinajstić information content (AvgIpc) is 2.66. The van der Waals surface area contributed by atoms with E-state index in [0.29, 0.717) is 5.69 Å². The highest BCUT2D eigenvalue weighted by molar-refractivity contribution is 5.89. The molecule has 5 heteroatoms. The van der Waals surface area contributed by atoms with Gasteiger partial charge < -0.3 is 16.2 Å². The van der Waals surface area contributed by atoms with Crippen LogP contribution in [-0.4, -0.2) is 23.2 Å². The number of carboxylic acid groups (broad SMARTS) is 1. The van der Waals surface area contributed by atoms with Crippen molar-refractivity contribution in [2.75, 3.05) is 5.32 Å². The third-order valence-corrected chi connectivity index (χ3v) is 3.04. The maximum atomic E-state index is 13.2. The second-order valence-corrected chi connectivity index (χ2v) is 4.41.